The van der Waals surface area contributed by atoms with Crippen molar-refractivity contribution < 1.29 is 5.11 Å². The molecule has 1 unspecified atom stereocenters. The SMILES string of the molecule is CNCC(O)CSC(C)C. The van der Waals surface area contributed by atoms with Crippen LogP contribution in [-0.4, -0.2) is 35.8 Å². The van der Waals surface area contributed by atoms with Gasteiger partial charge in [0, 0.05) is 12.3 Å². The van der Waals surface area contributed by atoms with Crippen molar-refractivity contribution in [2.45, 2.75) is 25.2 Å². The van der Waals surface area contributed by atoms with Crippen LogP contribution in [0, 0.1) is 0 Å². The van der Waals surface area contributed by atoms with Crippen LogP contribution in [0.25, 0.3) is 0 Å². The lowest BCUT2D eigenvalue weighted by Gasteiger charge is -2.10. The number of thioether (sulfide) groups is 1. The van der Waals surface area contributed by atoms with E-state index in [4.69, 9.17) is 0 Å². The number of hydrogen-bond acceptors (Lipinski definition) is 3. The minimum Gasteiger partial charge on any atom is -0.391 e. The molecule has 0 aromatic carbocycles. The Kier molecular flexibility index (Phi) is 6.17. The predicted octanol–water partition coefficient (Wildman–Crippen LogP) is 0.708. The Morgan fingerprint density at radius 1 is 1.50 bits per heavy atom. The first kappa shape index (κ1) is 10.3. The molecule has 0 amide bonds. The van der Waals surface area contributed by atoms with Crippen LogP contribution < -0.4 is 5.32 Å². The normalized spacial score (nSPS) is 14.1. The average molecular weight is 163 g/mol. The Balaban J connectivity index is 3.12. The average Bonchev–Trinajstić information content (AvgIpc) is 1.85. The Morgan fingerprint density at radius 2 is 2.10 bits per heavy atom. The third kappa shape index (κ3) is 6.39. The second-order valence-electron chi connectivity index (χ2n) is 2.59. The Morgan fingerprint density at radius 3 is 2.50 bits per heavy atom. The molecule has 2 N–H and O–H groups in total. The molecule has 0 saturated heterocycles. The molecular weight excluding hydrogens is 146 g/mol. The van der Waals surface area contributed by atoms with Gasteiger partial charge in [-0.15, -0.1) is 0 Å². The summed E-state index contributed by atoms with van der Waals surface area (Å²) < 4.78 is 0. The maximum Gasteiger partial charge on any atom is 0.0754 e. The monoisotopic (exact) mass is 163 g/mol. The molecule has 0 bridgehead atoms. The van der Waals surface area contributed by atoms with Crippen LogP contribution in [0.3, 0.4) is 0 Å². The summed E-state index contributed by atoms with van der Waals surface area (Å²) in [5.74, 6) is 0.832. The van der Waals surface area contributed by atoms with Crippen LogP contribution in [0.1, 0.15) is 13.8 Å². The fraction of sp³-hybridized carbons (Fsp3) is 1.00. The lowest BCUT2D eigenvalue weighted by atomic mass is 10.4. The van der Waals surface area contributed by atoms with Gasteiger partial charge in [0.1, 0.15) is 0 Å². The van der Waals surface area contributed by atoms with Gasteiger partial charge in [-0.2, -0.15) is 11.8 Å². The first-order valence-electron chi connectivity index (χ1n) is 3.61. The van der Waals surface area contributed by atoms with Crippen molar-refractivity contribution in [3.63, 3.8) is 0 Å². The second kappa shape index (κ2) is 6.01. The number of hydrogen-bond donors (Lipinski definition) is 2. The molecule has 0 aromatic rings. The van der Waals surface area contributed by atoms with Gasteiger partial charge in [0.15, 0.2) is 0 Å². The minimum absolute atomic E-state index is 0.197. The van der Waals surface area contributed by atoms with Gasteiger partial charge in [-0.3, -0.25) is 0 Å². The number of nitrogens with one attached hydrogen (secondary N) is 1. The number of aliphatic hydroxyl groups is 1. The van der Waals surface area contributed by atoms with E-state index in [2.05, 4.69) is 19.2 Å². The minimum atomic E-state index is -0.197. The summed E-state index contributed by atoms with van der Waals surface area (Å²) in [6.45, 7) is 4.97. The van der Waals surface area contributed by atoms with Crippen molar-refractivity contribution >= 4 is 11.8 Å². The highest BCUT2D eigenvalue weighted by Crippen LogP contribution is 2.09. The number of likely N-dealkylation sites (N-methyl/N-ethyl adjacent to an activating group) is 1. The first-order chi connectivity index (χ1) is 4.66. The van der Waals surface area contributed by atoms with Gasteiger partial charge in [-0.05, 0) is 12.3 Å². The van der Waals surface area contributed by atoms with Crippen LogP contribution in [0.4, 0.5) is 0 Å². The van der Waals surface area contributed by atoms with Crippen molar-refractivity contribution in [2.24, 2.45) is 0 Å². The summed E-state index contributed by atoms with van der Waals surface area (Å²) in [5.41, 5.74) is 0. The highest BCUT2D eigenvalue weighted by molar-refractivity contribution is 7.99. The molecule has 0 spiro atoms. The zero-order chi connectivity index (χ0) is 7.98. The predicted molar refractivity (Wildman–Crippen MR) is 47.5 cm³/mol. The van der Waals surface area contributed by atoms with Crippen LogP contribution in [0.15, 0.2) is 0 Å². The largest absolute Gasteiger partial charge is 0.391 e. The summed E-state index contributed by atoms with van der Waals surface area (Å²) >= 11 is 1.79. The molecule has 2 nitrogen and oxygen atoms in total. The standard InChI is InChI=1S/C7H17NOS/c1-6(2)10-5-7(9)4-8-3/h6-9H,4-5H2,1-3H3. The summed E-state index contributed by atoms with van der Waals surface area (Å²) in [4.78, 5) is 0. The van der Waals surface area contributed by atoms with Crippen LogP contribution >= 0.6 is 11.8 Å². The fourth-order valence-electron chi connectivity index (χ4n) is 0.598. The molecule has 10 heavy (non-hydrogen) atoms. The molecule has 0 radical (unpaired) electrons. The van der Waals surface area contributed by atoms with E-state index in [0.717, 1.165) is 5.75 Å². The van der Waals surface area contributed by atoms with Crippen LogP contribution in [0.2, 0.25) is 0 Å². The molecule has 0 rings (SSSR count). The first-order valence-corrected chi connectivity index (χ1v) is 4.66. The summed E-state index contributed by atoms with van der Waals surface area (Å²) in [6.07, 6.45) is -0.197. The second-order valence-corrected chi connectivity index (χ2v) is 4.20. The van der Waals surface area contributed by atoms with Crippen molar-refractivity contribution in [3.8, 4) is 0 Å². The van der Waals surface area contributed by atoms with Gasteiger partial charge in [0.25, 0.3) is 0 Å². The lowest BCUT2D eigenvalue weighted by Crippen LogP contribution is -2.25. The topological polar surface area (TPSA) is 32.3 Å². The molecule has 0 fully saturated rings. The zero-order valence-electron chi connectivity index (χ0n) is 6.92. The molecule has 3 heteroatoms. The molecule has 0 aliphatic heterocycles. The zero-order valence-corrected chi connectivity index (χ0v) is 7.74. The van der Waals surface area contributed by atoms with E-state index in [0.29, 0.717) is 11.8 Å². The molecule has 1 atom stereocenters. The van der Waals surface area contributed by atoms with E-state index < -0.39 is 0 Å². The molecule has 62 valence electrons. The summed E-state index contributed by atoms with van der Waals surface area (Å²) in [5, 5.41) is 12.8. The highest BCUT2D eigenvalue weighted by atomic mass is 32.2. The van der Waals surface area contributed by atoms with Crippen molar-refractivity contribution in [3.05, 3.63) is 0 Å². The highest BCUT2D eigenvalue weighted by Gasteiger charge is 2.03. The smallest absolute Gasteiger partial charge is 0.0754 e. The van der Waals surface area contributed by atoms with E-state index in [1.54, 1.807) is 11.8 Å². The summed E-state index contributed by atoms with van der Waals surface area (Å²) in [7, 11) is 1.85. The number of rotatable bonds is 5. The summed E-state index contributed by atoms with van der Waals surface area (Å²) in [6, 6.07) is 0. The van der Waals surface area contributed by atoms with Crippen LogP contribution in [0.5, 0.6) is 0 Å². The van der Waals surface area contributed by atoms with Gasteiger partial charge < -0.3 is 10.4 Å². The Labute approximate surface area is 67.4 Å². The molecule has 0 aliphatic rings. The van der Waals surface area contributed by atoms with Gasteiger partial charge in [-0.25, -0.2) is 0 Å². The van der Waals surface area contributed by atoms with E-state index in [1.165, 1.54) is 0 Å². The third-order valence-electron chi connectivity index (χ3n) is 1.06. The van der Waals surface area contributed by atoms with E-state index in [-0.39, 0.29) is 6.10 Å². The molecule has 0 aliphatic carbocycles. The molecule has 0 saturated carbocycles. The Hall–Kier alpha value is 0.270. The quantitative estimate of drug-likeness (QED) is 0.626. The fourth-order valence-corrected chi connectivity index (χ4v) is 1.32. The Bertz CT molecular complexity index is 78.0. The molecule has 0 aromatic heterocycles. The molecular formula is C7H17NOS. The van der Waals surface area contributed by atoms with E-state index >= 15 is 0 Å². The number of aliphatic hydroxyl groups excluding tert-OH is 1. The van der Waals surface area contributed by atoms with Crippen LogP contribution in [-0.2, 0) is 0 Å². The van der Waals surface area contributed by atoms with Crippen molar-refractivity contribution in [2.75, 3.05) is 19.3 Å². The lowest BCUT2D eigenvalue weighted by molar-refractivity contribution is 0.199. The van der Waals surface area contributed by atoms with E-state index in [9.17, 15) is 5.11 Å². The van der Waals surface area contributed by atoms with E-state index in [1.807, 2.05) is 7.05 Å². The van der Waals surface area contributed by atoms with Crippen molar-refractivity contribution in [1.29, 1.82) is 0 Å². The van der Waals surface area contributed by atoms with Gasteiger partial charge in [0.05, 0.1) is 6.10 Å². The van der Waals surface area contributed by atoms with Gasteiger partial charge in [0.2, 0.25) is 0 Å². The van der Waals surface area contributed by atoms with Gasteiger partial charge >= 0.3 is 0 Å². The van der Waals surface area contributed by atoms with Gasteiger partial charge in [-0.1, -0.05) is 13.8 Å². The maximum absolute atomic E-state index is 9.21. The van der Waals surface area contributed by atoms with Crippen molar-refractivity contribution in [1.82, 2.24) is 5.32 Å². The molecule has 0 heterocycles. The maximum atomic E-state index is 9.21. The third-order valence-corrected chi connectivity index (χ3v) is 2.31.